The number of hydrogen-bond acceptors (Lipinski definition) is 4. The van der Waals surface area contributed by atoms with Crippen LogP contribution in [0.1, 0.15) is 10.4 Å². The molecule has 3 heterocycles. The third kappa shape index (κ3) is 2.07. The van der Waals surface area contributed by atoms with Gasteiger partial charge in [0.1, 0.15) is 5.65 Å². The van der Waals surface area contributed by atoms with E-state index in [2.05, 4.69) is 15.0 Å². The van der Waals surface area contributed by atoms with Gasteiger partial charge in [0, 0.05) is 29.4 Å². The second-order valence-electron chi connectivity index (χ2n) is 4.23. The predicted molar refractivity (Wildman–Crippen MR) is 72.8 cm³/mol. The van der Waals surface area contributed by atoms with Gasteiger partial charge >= 0.3 is 5.97 Å². The van der Waals surface area contributed by atoms with E-state index >= 15 is 0 Å². The van der Waals surface area contributed by atoms with Crippen LogP contribution in [-0.2, 0) is 0 Å². The molecule has 6 heteroatoms. The number of nitrogens with one attached hydrogen (secondary N) is 1. The zero-order valence-corrected chi connectivity index (χ0v) is 10.6. The Balaban J connectivity index is 2.16. The number of aromatic nitrogens is 3. The average molecular weight is 269 g/mol. The van der Waals surface area contributed by atoms with Crippen molar-refractivity contribution in [2.24, 2.45) is 0 Å². The van der Waals surface area contributed by atoms with Crippen molar-refractivity contribution in [3.8, 4) is 17.1 Å². The van der Waals surface area contributed by atoms with Crippen LogP contribution in [0.3, 0.4) is 0 Å². The van der Waals surface area contributed by atoms with E-state index in [0.717, 1.165) is 16.6 Å². The molecule has 100 valence electrons. The maximum absolute atomic E-state index is 11.1. The summed E-state index contributed by atoms with van der Waals surface area (Å²) in [5.41, 5.74) is 2.15. The smallest absolute Gasteiger partial charge is 0.335 e. The van der Waals surface area contributed by atoms with Gasteiger partial charge in [-0.3, -0.25) is 0 Å². The summed E-state index contributed by atoms with van der Waals surface area (Å²) in [4.78, 5) is 22.6. The maximum Gasteiger partial charge on any atom is 0.335 e. The summed E-state index contributed by atoms with van der Waals surface area (Å²) in [5, 5.41) is 10.0. The zero-order valence-electron chi connectivity index (χ0n) is 10.6. The van der Waals surface area contributed by atoms with Crippen molar-refractivity contribution in [3.63, 3.8) is 0 Å². The van der Waals surface area contributed by atoms with Crippen molar-refractivity contribution in [1.82, 2.24) is 15.0 Å². The van der Waals surface area contributed by atoms with Gasteiger partial charge in [0.15, 0.2) is 0 Å². The average Bonchev–Trinajstić information content (AvgIpc) is 2.94. The van der Waals surface area contributed by atoms with Gasteiger partial charge in [-0.1, -0.05) is 0 Å². The number of methoxy groups -OCH3 is 1. The lowest BCUT2D eigenvalue weighted by Crippen LogP contribution is -2.00. The Morgan fingerprint density at radius 1 is 1.35 bits per heavy atom. The molecule has 0 spiro atoms. The molecule has 0 aliphatic carbocycles. The van der Waals surface area contributed by atoms with Gasteiger partial charge in [-0.2, -0.15) is 0 Å². The van der Waals surface area contributed by atoms with Crippen LogP contribution in [0.5, 0.6) is 5.88 Å². The molecule has 0 unspecified atom stereocenters. The summed E-state index contributed by atoms with van der Waals surface area (Å²) in [6.45, 7) is 0. The molecule has 0 amide bonds. The maximum atomic E-state index is 11.1. The lowest BCUT2D eigenvalue weighted by molar-refractivity contribution is 0.0696. The van der Waals surface area contributed by atoms with Crippen LogP contribution < -0.4 is 4.74 Å². The Morgan fingerprint density at radius 2 is 2.20 bits per heavy atom. The third-order valence-electron chi connectivity index (χ3n) is 2.95. The van der Waals surface area contributed by atoms with Crippen molar-refractivity contribution in [2.75, 3.05) is 7.11 Å². The molecular formula is C14H11N3O3. The molecule has 0 saturated heterocycles. The van der Waals surface area contributed by atoms with Crippen LogP contribution in [0.25, 0.3) is 22.3 Å². The number of aromatic carboxylic acids is 1. The number of carbonyl (C=O) groups is 1. The van der Waals surface area contributed by atoms with Gasteiger partial charge in [0.05, 0.1) is 18.4 Å². The minimum atomic E-state index is -1.03. The van der Waals surface area contributed by atoms with Gasteiger partial charge in [0.2, 0.25) is 5.88 Å². The van der Waals surface area contributed by atoms with E-state index in [0.29, 0.717) is 5.69 Å². The molecule has 3 aromatic rings. The van der Waals surface area contributed by atoms with Crippen LogP contribution in [0, 0.1) is 0 Å². The van der Waals surface area contributed by atoms with E-state index in [1.807, 2.05) is 12.1 Å². The van der Waals surface area contributed by atoms with Crippen LogP contribution in [0.4, 0.5) is 0 Å². The fourth-order valence-corrected chi connectivity index (χ4v) is 1.96. The van der Waals surface area contributed by atoms with Crippen LogP contribution in [0.2, 0.25) is 0 Å². The summed E-state index contributed by atoms with van der Waals surface area (Å²) in [7, 11) is 1.45. The molecule has 20 heavy (non-hydrogen) atoms. The van der Waals surface area contributed by atoms with Crippen LogP contribution in [0.15, 0.2) is 36.7 Å². The van der Waals surface area contributed by atoms with Gasteiger partial charge < -0.3 is 14.8 Å². The number of nitrogens with zero attached hydrogens (tertiary/aromatic N) is 2. The highest BCUT2D eigenvalue weighted by atomic mass is 16.5. The lowest BCUT2D eigenvalue weighted by atomic mass is 10.1. The monoisotopic (exact) mass is 269 g/mol. The van der Waals surface area contributed by atoms with Crippen molar-refractivity contribution >= 4 is 17.0 Å². The summed E-state index contributed by atoms with van der Waals surface area (Å²) in [5.74, 6) is -0.767. The highest BCUT2D eigenvalue weighted by molar-refractivity contribution is 5.90. The number of carboxylic acid groups (broad SMARTS) is 1. The Morgan fingerprint density at radius 3 is 2.95 bits per heavy atom. The molecule has 0 aliphatic rings. The molecule has 3 rings (SSSR count). The quantitative estimate of drug-likeness (QED) is 0.761. The number of aromatic amines is 1. The minimum absolute atomic E-state index is 0.126. The van der Waals surface area contributed by atoms with E-state index in [-0.39, 0.29) is 11.4 Å². The fourth-order valence-electron chi connectivity index (χ4n) is 1.96. The molecule has 0 aliphatic heterocycles. The highest BCUT2D eigenvalue weighted by Crippen LogP contribution is 2.24. The molecular weight excluding hydrogens is 258 g/mol. The molecule has 0 radical (unpaired) electrons. The van der Waals surface area contributed by atoms with E-state index in [4.69, 9.17) is 9.84 Å². The number of hydrogen-bond donors (Lipinski definition) is 2. The van der Waals surface area contributed by atoms with Crippen molar-refractivity contribution in [1.29, 1.82) is 0 Å². The summed E-state index contributed by atoms with van der Waals surface area (Å²) < 4.78 is 5.04. The molecule has 3 aromatic heterocycles. The van der Waals surface area contributed by atoms with Gasteiger partial charge in [-0.25, -0.2) is 14.8 Å². The molecule has 0 atom stereocenters. The second-order valence-corrected chi connectivity index (χ2v) is 4.23. The zero-order chi connectivity index (χ0) is 14.1. The number of rotatable bonds is 3. The Bertz CT molecular complexity index is 795. The fraction of sp³-hybridized carbons (Fsp3) is 0.0714. The van der Waals surface area contributed by atoms with Gasteiger partial charge in [-0.15, -0.1) is 0 Å². The largest absolute Gasteiger partial charge is 0.481 e. The van der Waals surface area contributed by atoms with Gasteiger partial charge in [-0.05, 0) is 18.2 Å². The number of H-pyrrole nitrogens is 1. The van der Waals surface area contributed by atoms with Crippen LogP contribution in [-0.4, -0.2) is 33.1 Å². The van der Waals surface area contributed by atoms with Crippen molar-refractivity contribution in [3.05, 3.63) is 42.2 Å². The number of pyridine rings is 2. The molecule has 0 fully saturated rings. The van der Waals surface area contributed by atoms with Crippen molar-refractivity contribution in [2.45, 2.75) is 0 Å². The first-order valence-electron chi connectivity index (χ1n) is 5.90. The SMILES string of the molecule is COc1cc(C(=O)O)cc(-c2cnc3[nH]ccc3c2)n1. The normalized spacial score (nSPS) is 10.7. The highest BCUT2D eigenvalue weighted by Gasteiger charge is 2.11. The van der Waals surface area contributed by atoms with E-state index in [1.165, 1.54) is 19.2 Å². The minimum Gasteiger partial charge on any atom is -0.481 e. The lowest BCUT2D eigenvalue weighted by Gasteiger charge is -2.06. The molecule has 0 bridgehead atoms. The summed E-state index contributed by atoms with van der Waals surface area (Å²) in [6, 6.07) is 6.67. The van der Waals surface area contributed by atoms with Crippen LogP contribution >= 0.6 is 0 Å². The third-order valence-corrected chi connectivity index (χ3v) is 2.95. The summed E-state index contributed by atoms with van der Waals surface area (Å²) in [6.07, 6.45) is 3.44. The molecule has 6 nitrogen and oxygen atoms in total. The Hall–Kier alpha value is -2.89. The van der Waals surface area contributed by atoms with Crippen molar-refractivity contribution < 1.29 is 14.6 Å². The number of fused-ring (bicyclic) bond motifs is 1. The Kier molecular flexibility index (Phi) is 2.83. The predicted octanol–water partition coefficient (Wildman–Crippen LogP) is 2.33. The van der Waals surface area contributed by atoms with E-state index in [9.17, 15) is 4.79 Å². The summed E-state index contributed by atoms with van der Waals surface area (Å²) >= 11 is 0. The molecule has 0 saturated carbocycles. The first-order valence-corrected chi connectivity index (χ1v) is 5.90. The van der Waals surface area contributed by atoms with E-state index in [1.54, 1.807) is 12.4 Å². The van der Waals surface area contributed by atoms with E-state index < -0.39 is 5.97 Å². The standard InChI is InChI=1S/C14H11N3O3/c1-20-12-6-9(14(18)19)5-11(17-12)10-4-8-2-3-15-13(8)16-7-10/h2-7H,1H3,(H,15,16)(H,18,19). The topological polar surface area (TPSA) is 88.1 Å². The first kappa shape index (κ1) is 12.2. The molecule has 0 aromatic carbocycles. The number of carboxylic acids is 1. The Labute approximate surface area is 114 Å². The number of ether oxygens (including phenoxy) is 1. The second kappa shape index (κ2) is 4.65. The first-order chi connectivity index (χ1) is 9.67. The molecule has 2 N–H and O–H groups in total. The van der Waals surface area contributed by atoms with Gasteiger partial charge in [0.25, 0.3) is 0 Å².